The number of carbonyl (C=O) groups excluding carboxylic acids is 1. The Bertz CT molecular complexity index is 713. The van der Waals surface area contributed by atoms with E-state index in [2.05, 4.69) is 15.3 Å². The molecule has 2 aromatic heterocycles. The largest absolute Gasteiger partial charge is 0.480 e. The van der Waals surface area contributed by atoms with Crippen LogP contribution >= 0.6 is 0 Å². The Labute approximate surface area is 133 Å². The van der Waals surface area contributed by atoms with Crippen molar-refractivity contribution in [3.8, 4) is 0 Å². The lowest BCUT2D eigenvalue weighted by Crippen LogP contribution is -2.43. The molecule has 1 aliphatic carbocycles. The maximum atomic E-state index is 12.3. The number of carboxylic acids is 1. The lowest BCUT2D eigenvalue weighted by Gasteiger charge is -2.14. The predicted molar refractivity (Wildman–Crippen MR) is 81.6 cm³/mol. The number of imidazole rings is 1. The molecule has 3 rings (SSSR count). The number of rotatable bonds is 6. The highest BCUT2D eigenvalue weighted by Gasteiger charge is 2.46. The normalized spacial score (nSPS) is 20.7. The van der Waals surface area contributed by atoms with Crippen molar-refractivity contribution in [3.05, 3.63) is 48.3 Å². The van der Waals surface area contributed by atoms with Crippen LogP contribution in [0.15, 0.2) is 37.1 Å². The van der Waals surface area contributed by atoms with Crippen LogP contribution in [0.1, 0.15) is 23.6 Å². The Hall–Kier alpha value is -2.70. The topological polar surface area (TPSA) is 97.1 Å². The quantitative estimate of drug-likeness (QED) is 0.819. The number of aryl methyl sites for hydroxylation is 1. The number of nitrogens with zero attached hydrogens (tertiary/aromatic N) is 3. The third-order valence-electron chi connectivity index (χ3n) is 4.16. The van der Waals surface area contributed by atoms with Crippen molar-refractivity contribution in [2.75, 3.05) is 0 Å². The number of nitrogens with one attached hydrogen (secondary N) is 1. The molecule has 23 heavy (non-hydrogen) atoms. The molecule has 2 N–H and O–H groups in total. The van der Waals surface area contributed by atoms with Crippen LogP contribution in [0.2, 0.25) is 0 Å². The molecule has 0 spiro atoms. The Kier molecular flexibility index (Phi) is 4.10. The number of aromatic nitrogens is 3. The van der Waals surface area contributed by atoms with E-state index in [1.165, 1.54) is 0 Å². The molecule has 1 amide bonds. The summed E-state index contributed by atoms with van der Waals surface area (Å²) in [5.74, 6) is -1.30. The zero-order valence-corrected chi connectivity index (χ0v) is 12.7. The van der Waals surface area contributed by atoms with Gasteiger partial charge in [-0.2, -0.15) is 0 Å². The van der Waals surface area contributed by atoms with Gasteiger partial charge in [-0.1, -0.05) is 0 Å². The highest BCUT2D eigenvalue weighted by Crippen LogP contribution is 2.47. The second-order valence-corrected chi connectivity index (χ2v) is 5.84. The van der Waals surface area contributed by atoms with Crippen LogP contribution in [0, 0.1) is 5.92 Å². The number of hydrogen-bond acceptors (Lipinski definition) is 4. The monoisotopic (exact) mass is 314 g/mol. The number of aliphatic carboxylic acids is 1. The number of pyridine rings is 1. The molecule has 0 aliphatic heterocycles. The molecule has 0 radical (unpaired) electrons. The molecule has 1 fully saturated rings. The summed E-state index contributed by atoms with van der Waals surface area (Å²) in [5, 5.41) is 12.0. The summed E-state index contributed by atoms with van der Waals surface area (Å²) < 4.78 is 1.89. The zero-order valence-electron chi connectivity index (χ0n) is 12.7. The van der Waals surface area contributed by atoms with Gasteiger partial charge in [0, 0.05) is 49.6 Å². The van der Waals surface area contributed by atoms with Gasteiger partial charge in [-0.15, -0.1) is 0 Å². The standard InChI is InChI=1S/C16H18N4O3/c1-20-9-18-8-14(20)11-7-12(11)15(21)19-13(16(22)23)6-10-2-4-17-5-3-10/h2-5,8-9,11-13H,6-7H2,1H3,(H,19,21)(H,22,23)/t11-,12-,13?/m1/s1. The SMILES string of the molecule is Cn1cncc1[C@@H]1C[C@H]1C(=O)NC(Cc1ccncc1)C(=O)O. The first-order valence-corrected chi connectivity index (χ1v) is 7.44. The highest BCUT2D eigenvalue weighted by atomic mass is 16.4. The van der Waals surface area contributed by atoms with E-state index in [0.717, 1.165) is 17.7 Å². The summed E-state index contributed by atoms with van der Waals surface area (Å²) in [7, 11) is 1.89. The van der Waals surface area contributed by atoms with Crippen LogP contribution in [-0.2, 0) is 23.1 Å². The first-order chi connectivity index (χ1) is 11.1. The summed E-state index contributed by atoms with van der Waals surface area (Å²) in [4.78, 5) is 31.7. The van der Waals surface area contributed by atoms with E-state index in [9.17, 15) is 14.7 Å². The summed E-state index contributed by atoms with van der Waals surface area (Å²) in [5.41, 5.74) is 1.83. The molecule has 1 unspecified atom stereocenters. The molecule has 0 aromatic carbocycles. The molecule has 1 aliphatic rings. The summed E-state index contributed by atoms with van der Waals surface area (Å²) in [6, 6.07) is 2.56. The smallest absolute Gasteiger partial charge is 0.326 e. The molecule has 1 saturated carbocycles. The van der Waals surface area contributed by atoms with Gasteiger partial charge in [-0.25, -0.2) is 9.78 Å². The first kappa shape index (κ1) is 15.2. The van der Waals surface area contributed by atoms with Crippen LogP contribution in [0.25, 0.3) is 0 Å². The van der Waals surface area contributed by atoms with Crippen molar-refractivity contribution < 1.29 is 14.7 Å². The molecule has 0 saturated heterocycles. The molecular formula is C16H18N4O3. The van der Waals surface area contributed by atoms with E-state index in [4.69, 9.17) is 0 Å². The molecule has 7 heteroatoms. The first-order valence-electron chi connectivity index (χ1n) is 7.44. The fraction of sp³-hybridized carbons (Fsp3) is 0.375. The van der Waals surface area contributed by atoms with Gasteiger partial charge in [-0.05, 0) is 24.1 Å². The van der Waals surface area contributed by atoms with Gasteiger partial charge in [0.2, 0.25) is 5.91 Å². The van der Waals surface area contributed by atoms with Crippen LogP contribution in [0.4, 0.5) is 0 Å². The van der Waals surface area contributed by atoms with Crippen LogP contribution in [0.3, 0.4) is 0 Å². The fourth-order valence-corrected chi connectivity index (χ4v) is 2.77. The van der Waals surface area contributed by atoms with Gasteiger partial charge >= 0.3 is 5.97 Å². The molecule has 7 nitrogen and oxygen atoms in total. The number of carbonyl (C=O) groups is 2. The third kappa shape index (κ3) is 3.39. The van der Waals surface area contributed by atoms with Crippen molar-refractivity contribution in [2.45, 2.75) is 24.8 Å². The van der Waals surface area contributed by atoms with Gasteiger partial charge in [0.25, 0.3) is 0 Å². The summed E-state index contributed by atoms with van der Waals surface area (Å²) in [6.45, 7) is 0. The fourth-order valence-electron chi connectivity index (χ4n) is 2.77. The van der Waals surface area contributed by atoms with E-state index < -0.39 is 12.0 Å². The molecule has 2 heterocycles. The number of amides is 1. The van der Waals surface area contributed by atoms with E-state index in [0.29, 0.717) is 0 Å². The maximum Gasteiger partial charge on any atom is 0.326 e. The summed E-state index contributed by atoms with van der Waals surface area (Å²) >= 11 is 0. The van der Waals surface area contributed by atoms with Gasteiger partial charge in [0.1, 0.15) is 6.04 Å². The van der Waals surface area contributed by atoms with Gasteiger partial charge in [-0.3, -0.25) is 9.78 Å². The van der Waals surface area contributed by atoms with Crippen molar-refractivity contribution >= 4 is 11.9 Å². The Morgan fingerprint density at radius 3 is 2.74 bits per heavy atom. The number of hydrogen-bond donors (Lipinski definition) is 2. The molecular weight excluding hydrogens is 296 g/mol. The van der Waals surface area contributed by atoms with Crippen molar-refractivity contribution in [1.29, 1.82) is 0 Å². The van der Waals surface area contributed by atoms with Crippen molar-refractivity contribution in [3.63, 3.8) is 0 Å². The summed E-state index contributed by atoms with van der Waals surface area (Å²) in [6.07, 6.45) is 7.64. The average Bonchev–Trinajstić information content (AvgIpc) is 3.22. The van der Waals surface area contributed by atoms with E-state index in [1.807, 2.05) is 11.6 Å². The minimum atomic E-state index is -1.03. The van der Waals surface area contributed by atoms with Crippen LogP contribution in [0.5, 0.6) is 0 Å². The highest BCUT2D eigenvalue weighted by molar-refractivity contribution is 5.87. The maximum absolute atomic E-state index is 12.3. The zero-order chi connectivity index (χ0) is 16.4. The van der Waals surface area contributed by atoms with Gasteiger partial charge < -0.3 is 15.0 Å². The van der Waals surface area contributed by atoms with Crippen molar-refractivity contribution in [1.82, 2.24) is 19.9 Å². The van der Waals surface area contributed by atoms with E-state index >= 15 is 0 Å². The Morgan fingerprint density at radius 2 is 2.13 bits per heavy atom. The Morgan fingerprint density at radius 1 is 1.39 bits per heavy atom. The molecule has 0 bridgehead atoms. The lowest BCUT2D eigenvalue weighted by molar-refractivity contribution is -0.142. The van der Waals surface area contributed by atoms with Gasteiger partial charge in [0.05, 0.1) is 6.33 Å². The third-order valence-corrected chi connectivity index (χ3v) is 4.16. The minimum Gasteiger partial charge on any atom is -0.480 e. The predicted octanol–water partition coefficient (Wildman–Crippen LogP) is 0.731. The molecule has 2 aromatic rings. The Balaban J connectivity index is 1.62. The second kappa shape index (κ2) is 6.20. The molecule has 3 atom stereocenters. The lowest BCUT2D eigenvalue weighted by atomic mass is 10.1. The second-order valence-electron chi connectivity index (χ2n) is 5.84. The molecule has 120 valence electrons. The van der Waals surface area contributed by atoms with Crippen LogP contribution < -0.4 is 5.32 Å². The van der Waals surface area contributed by atoms with Gasteiger partial charge in [0.15, 0.2) is 0 Å². The average molecular weight is 314 g/mol. The van der Waals surface area contributed by atoms with E-state index in [-0.39, 0.29) is 24.2 Å². The van der Waals surface area contributed by atoms with Crippen LogP contribution in [-0.4, -0.2) is 37.6 Å². The minimum absolute atomic E-state index is 0.123. The van der Waals surface area contributed by atoms with Crippen molar-refractivity contribution in [2.24, 2.45) is 13.0 Å². The van der Waals surface area contributed by atoms with E-state index in [1.54, 1.807) is 37.1 Å². The number of carboxylic acid groups (broad SMARTS) is 1.